The molecule has 11 aromatic carbocycles. The van der Waals surface area contributed by atoms with E-state index in [9.17, 15) is 5.26 Å². The maximum Gasteiger partial charge on any atom is 0.212 e. The lowest BCUT2D eigenvalue weighted by molar-refractivity contribution is 0.672. The summed E-state index contributed by atoms with van der Waals surface area (Å²) in [7, 11) is 0. The summed E-state index contributed by atoms with van der Waals surface area (Å²) in [5, 5.41) is 19.5. The number of fused-ring (bicyclic) bond motifs is 14. The second-order valence-electron chi connectivity index (χ2n) is 19.0. The summed E-state index contributed by atoms with van der Waals surface area (Å²) >= 11 is 0. The van der Waals surface area contributed by atoms with Crippen molar-refractivity contribution in [2.24, 2.45) is 0 Å². The van der Waals surface area contributed by atoms with Gasteiger partial charge in [-0.1, -0.05) is 115 Å². The number of para-hydroxylation sites is 6. The van der Waals surface area contributed by atoms with Crippen LogP contribution >= 0.6 is 0 Å². The average molecular weight is 973 g/mol. The lowest BCUT2D eigenvalue weighted by atomic mass is 10.1. The van der Waals surface area contributed by atoms with Gasteiger partial charge in [0.05, 0.1) is 56.3 Å². The van der Waals surface area contributed by atoms with Crippen LogP contribution in [0.3, 0.4) is 0 Å². The van der Waals surface area contributed by atoms with Crippen molar-refractivity contribution in [1.29, 1.82) is 5.26 Å². The Morgan fingerprint density at radius 1 is 0.382 bits per heavy atom. The van der Waals surface area contributed by atoms with Crippen LogP contribution < -0.4 is 9.80 Å². The molecule has 8 nitrogen and oxygen atoms in total. The van der Waals surface area contributed by atoms with E-state index in [0.717, 1.165) is 122 Å². The SMILES string of the molecule is [C-]#[N+]c1ccc(-n2c3ccc(N(c4ccccc4)c4ccccc4)cc3c3c4oc5ccccc5c4ccc32)c(C#N)c1-n1c2ccc(N(c3ccccc3)c3ccccc3)cc2c2c3oc4ccccc4c3ccc21. The molecule has 0 aliphatic heterocycles. The first-order chi connectivity index (χ1) is 37.6. The van der Waals surface area contributed by atoms with Crippen LogP contribution in [0.1, 0.15) is 5.56 Å². The van der Waals surface area contributed by atoms with E-state index < -0.39 is 0 Å². The number of hydrogen-bond acceptors (Lipinski definition) is 5. The highest BCUT2D eigenvalue weighted by atomic mass is 16.3. The lowest BCUT2D eigenvalue weighted by Gasteiger charge is -2.25. The molecule has 4 heterocycles. The minimum absolute atomic E-state index is 0.340. The van der Waals surface area contributed by atoms with E-state index in [0.29, 0.717) is 22.6 Å². The molecule has 0 N–H and O–H groups in total. The van der Waals surface area contributed by atoms with Gasteiger partial charge in [0.1, 0.15) is 28.4 Å². The van der Waals surface area contributed by atoms with Crippen LogP contribution in [0, 0.1) is 17.9 Å². The van der Waals surface area contributed by atoms with Gasteiger partial charge in [-0.05, 0) is 127 Å². The van der Waals surface area contributed by atoms with Crippen molar-refractivity contribution in [3.05, 3.63) is 260 Å². The van der Waals surface area contributed by atoms with Crippen LogP contribution in [0.15, 0.2) is 251 Å². The third-order valence-electron chi connectivity index (χ3n) is 14.9. The molecule has 8 heteroatoms. The highest BCUT2D eigenvalue weighted by Gasteiger charge is 2.28. The maximum absolute atomic E-state index is 11.8. The van der Waals surface area contributed by atoms with E-state index in [4.69, 9.17) is 15.4 Å². The molecule has 0 radical (unpaired) electrons. The molecule has 76 heavy (non-hydrogen) atoms. The number of benzene rings is 11. The third-order valence-corrected chi connectivity index (χ3v) is 14.9. The molecule has 0 amide bonds. The molecule has 0 atom stereocenters. The summed E-state index contributed by atoms with van der Waals surface area (Å²) in [5.41, 5.74) is 14.2. The van der Waals surface area contributed by atoms with Gasteiger partial charge in [-0.15, -0.1) is 0 Å². The van der Waals surface area contributed by atoms with Crippen molar-refractivity contribution in [1.82, 2.24) is 9.13 Å². The van der Waals surface area contributed by atoms with E-state index in [1.54, 1.807) is 0 Å². The number of hydrogen-bond donors (Lipinski definition) is 0. The predicted molar refractivity (Wildman–Crippen MR) is 310 cm³/mol. The van der Waals surface area contributed by atoms with Crippen molar-refractivity contribution >= 4 is 127 Å². The fourth-order valence-corrected chi connectivity index (χ4v) is 11.7. The van der Waals surface area contributed by atoms with Crippen LogP contribution in [-0.2, 0) is 0 Å². The van der Waals surface area contributed by atoms with Gasteiger partial charge in [-0.2, -0.15) is 5.26 Å². The Balaban J connectivity index is 1.03. The zero-order chi connectivity index (χ0) is 50.4. The molecular formula is C68H40N6O2. The molecule has 15 rings (SSSR count). The average Bonchev–Trinajstić information content (AvgIpc) is 4.38. The number of rotatable bonds is 8. The van der Waals surface area contributed by atoms with Gasteiger partial charge in [0, 0.05) is 66.4 Å². The van der Waals surface area contributed by atoms with Gasteiger partial charge in [0.25, 0.3) is 0 Å². The van der Waals surface area contributed by atoms with Crippen LogP contribution in [0.2, 0.25) is 0 Å². The first-order valence-corrected chi connectivity index (χ1v) is 25.2. The van der Waals surface area contributed by atoms with Crippen molar-refractivity contribution in [3.63, 3.8) is 0 Å². The number of aromatic nitrogens is 2. The summed E-state index contributed by atoms with van der Waals surface area (Å²) in [6, 6.07) is 85.7. The van der Waals surface area contributed by atoms with Gasteiger partial charge in [0.15, 0.2) is 0 Å². The quantitative estimate of drug-likeness (QED) is 0.142. The van der Waals surface area contributed by atoms with Crippen molar-refractivity contribution in [3.8, 4) is 17.4 Å². The third kappa shape index (κ3) is 6.35. The van der Waals surface area contributed by atoms with E-state index in [-0.39, 0.29) is 0 Å². The van der Waals surface area contributed by atoms with Gasteiger partial charge in [0.2, 0.25) is 5.69 Å². The zero-order valence-electron chi connectivity index (χ0n) is 40.6. The summed E-state index contributed by atoms with van der Waals surface area (Å²) < 4.78 is 18.0. The van der Waals surface area contributed by atoms with E-state index in [1.165, 1.54) is 0 Å². The molecule has 15 aromatic rings. The molecule has 0 spiro atoms. The summed E-state index contributed by atoms with van der Waals surface area (Å²) in [6.45, 7) is 8.77. The van der Waals surface area contributed by atoms with E-state index in [2.05, 4.69) is 200 Å². The second kappa shape index (κ2) is 16.9. The Morgan fingerprint density at radius 3 is 1.24 bits per heavy atom. The second-order valence-corrected chi connectivity index (χ2v) is 19.0. The van der Waals surface area contributed by atoms with Crippen molar-refractivity contribution in [2.45, 2.75) is 0 Å². The van der Waals surface area contributed by atoms with Crippen molar-refractivity contribution < 1.29 is 8.83 Å². The molecule has 0 aliphatic carbocycles. The molecule has 0 unspecified atom stereocenters. The molecule has 0 fully saturated rings. The first-order valence-electron chi connectivity index (χ1n) is 25.2. The smallest absolute Gasteiger partial charge is 0.212 e. The predicted octanol–water partition coefficient (Wildman–Crippen LogP) is 19.0. The zero-order valence-corrected chi connectivity index (χ0v) is 40.6. The van der Waals surface area contributed by atoms with E-state index >= 15 is 0 Å². The molecule has 0 aliphatic rings. The van der Waals surface area contributed by atoms with Crippen molar-refractivity contribution in [2.75, 3.05) is 9.80 Å². The highest BCUT2D eigenvalue weighted by molar-refractivity contribution is 6.26. The molecule has 4 aromatic heterocycles. The van der Waals surface area contributed by atoms with Crippen LogP contribution in [0.5, 0.6) is 0 Å². The standard InChI is InChI=1S/C68H40N6O2/c1-70-56-34-39-59(73-57-35-30-47(71(43-18-6-2-7-19-43)44-20-8-3-9-21-44)40-53(57)64-60(73)37-32-51-49-26-14-16-28-62(49)75-67(51)64)55(42-69)66(56)74-58-36-31-48(72(45-22-10-4-11-23-45)46-24-12-5-13-25-46)41-54(58)65-61(74)38-33-52-50-27-15-17-29-63(50)76-68(52)65/h2-41H. The largest absolute Gasteiger partial charge is 0.455 e. The monoisotopic (exact) mass is 972 g/mol. The number of anilines is 6. The van der Waals surface area contributed by atoms with Gasteiger partial charge < -0.3 is 27.8 Å². The Hall–Kier alpha value is -10.8. The van der Waals surface area contributed by atoms with Crippen LogP contribution in [0.25, 0.3) is 104 Å². The van der Waals surface area contributed by atoms with E-state index in [1.807, 2.05) is 72.8 Å². The Kier molecular flexibility index (Phi) is 9.52. The summed E-state index contributed by atoms with van der Waals surface area (Å²) in [5.74, 6) is 0. The van der Waals surface area contributed by atoms with Gasteiger partial charge in [-0.25, -0.2) is 4.85 Å². The fraction of sp³-hybridized carbons (Fsp3) is 0. The molecule has 0 bridgehead atoms. The number of nitrogens with zero attached hydrogens (tertiary/aromatic N) is 6. The Labute approximate surface area is 435 Å². The normalized spacial score (nSPS) is 11.7. The summed E-state index contributed by atoms with van der Waals surface area (Å²) in [6.07, 6.45) is 0. The summed E-state index contributed by atoms with van der Waals surface area (Å²) in [4.78, 5) is 8.70. The minimum atomic E-state index is 0.340. The molecule has 354 valence electrons. The molecule has 0 saturated heterocycles. The number of nitriles is 1. The number of furan rings is 2. The fourth-order valence-electron chi connectivity index (χ4n) is 11.7. The van der Waals surface area contributed by atoms with Crippen LogP contribution in [-0.4, -0.2) is 9.13 Å². The Morgan fingerprint density at radius 2 is 0.789 bits per heavy atom. The van der Waals surface area contributed by atoms with Crippen LogP contribution in [0.4, 0.5) is 39.8 Å². The first kappa shape index (κ1) is 42.8. The molecule has 0 saturated carbocycles. The maximum atomic E-state index is 11.8. The Bertz CT molecular complexity index is 4820. The lowest BCUT2D eigenvalue weighted by Crippen LogP contribution is -2.09. The van der Waals surface area contributed by atoms with Gasteiger partial charge in [-0.3, -0.25) is 0 Å². The van der Waals surface area contributed by atoms with Gasteiger partial charge >= 0.3 is 0 Å². The molecular weight excluding hydrogens is 933 g/mol. The highest BCUT2D eigenvalue weighted by Crippen LogP contribution is 2.49. The minimum Gasteiger partial charge on any atom is -0.455 e. The topological polar surface area (TPSA) is 70.8 Å².